The Kier molecular flexibility index (Phi) is 4.53. The molecule has 0 aliphatic carbocycles. The average molecular weight is 355 g/mol. The number of benzene rings is 1. The number of hydrogen-bond acceptors (Lipinski definition) is 2. The summed E-state index contributed by atoms with van der Waals surface area (Å²) in [6, 6.07) is 4.60. The van der Waals surface area contributed by atoms with Gasteiger partial charge in [0.2, 0.25) is 0 Å². The molecule has 134 valence electrons. The van der Waals surface area contributed by atoms with Gasteiger partial charge in [-0.2, -0.15) is 13.2 Å². The number of nitrogens with one attached hydrogen (secondary N) is 1. The molecule has 1 N–H and O–H groups in total. The third-order valence-electron chi connectivity index (χ3n) is 4.42. The van der Waals surface area contributed by atoms with Gasteiger partial charge in [-0.25, -0.2) is 9.37 Å². The molecule has 1 aliphatic heterocycles. The fraction of sp³-hybridized carbons (Fsp3) is 0.412. The lowest BCUT2D eigenvalue weighted by Gasteiger charge is -2.32. The van der Waals surface area contributed by atoms with E-state index in [0.29, 0.717) is 24.9 Å². The molecule has 0 bridgehead atoms. The third kappa shape index (κ3) is 3.52. The first-order valence-electron chi connectivity index (χ1n) is 7.94. The summed E-state index contributed by atoms with van der Waals surface area (Å²) in [7, 11) is 0. The zero-order chi connectivity index (χ0) is 18.2. The molecule has 1 fully saturated rings. The molecule has 1 atom stereocenters. The lowest BCUT2D eigenvalue weighted by Crippen LogP contribution is -2.39. The summed E-state index contributed by atoms with van der Waals surface area (Å²) < 4.78 is 52.3. The number of imidazole rings is 1. The number of rotatable bonds is 2. The Hall–Kier alpha value is -2.38. The van der Waals surface area contributed by atoms with Crippen LogP contribution in [0.15, 0.2) is 24.4 Å². The zero-order valence-corrected chi connectivity index (χ0v) is 13.5. The van der Waals surface area contributed by atoms with Gasteiger partial charge in [-0.1, -0.05) is 12.1 Å². The number of piperidine rings is 1. The van der Waals surface area contributed by atoms with Gasteiger partial charge in [0.1, 0.15) is 17.3 Å². The minimum atomic E-state index is -4.49. The Balaban J connectivity index is 1.78. The Bertz CT molecular complexity index is 784. The van der Waals surface area contributed by atoms with Crippen molar-refractivity contribution in [2.45, 2.75) is 31.9 Å². The number of H-pyrrole nitrogens is 1. The van der Waals surface area contributed by atoms with E-state index in [4.69, 9.17) is 0 Å². The molecule has 0 unspecified atom stereocenters. The van der Waals surface area contributed by atoms with E-state index in [-0.39, 0.29) is 23.9 Å². The second-order valence-corrected chi connectivity index (χ2v) is 6.21. The number of aromatic nitrogens is 2. The molecule has 3 rings (SSSR count). The normalized spacial score (nSPS) is 18.4. The van der Waals surface area contributed by atoms with Gasteiger partial charge in [0.25, 0.3) is 5.91 Å². The predicted octanol–water partition coefficient (Wildman–Crippen LogP) is 3.90. The molecule has 2 heterocycles. The van der Waals surface area contributed by atoms with E-state index in [1.54, 1.807) is 19.1 Å². The van der Waals surface area contributed by atoms with Crippen molar-refractivity contribution in [3.63, 3.8) is 0 Å². The Morgan fingerprint density at radius 1 is 1.36 bits per heavy atom. The molecular formula is C17H17F4N3O. The summed E-state index contributed by atoms with van der Waals surface area (Å²) in [6.45, 7) is 2.22. The fourth-order valence-electron chi connectivity index (χ4n) is 3.06. The zero-order valence-electron chi connectivity index (χ0n) is 13.5. The number of hydrogen-bond donors (Lipinski definition) is 1. The SMILES string of the molecule is Cc1cccc(C(=O)N2CCC[C@H](c3ncc(C(F)(F)F)[nH]3)C2)c1F. The van der Waals surface area contributed by atoms with E-state index in [2.05, 4.69) is 9.97 Å². The average Bonchev–Trinajstić information content (AvgIpc) is 3.07. The number of carbonyl (C=O) groups excluding carboxylic acids is 1. The quantitative estimate of drug-likeness (QED) is 0.831. The number of nitrogens with zero attached hydrogens (tertiary/aromatic N) is 2. The van der Waals surface area contributed by atoms with Crippen molar-refractivity contribution in [3.05, 3.63) is 52.9 Å². The predicted molar refractivity (Wildman–Crippen MR) is 82.6 cm³/mol. The van der Waals surface area contributed by atoms with Crippen molar-refractivity contribution < 1.29 is 22.4 Å². The van der Waals surface area contributed by atoms with Crippen LogP contribution < -0.4 is 0 Å². The number of aromatic amines is 1. The van der Waals surface area contributed by atoms with E-state index in [0.717, 1.165) is 6.20 Å². The number of alkyl halides is 3. The summed E-state index contributed by atoms with van der Waals surface area (Å²) in [5.41, 5.74) is -0.549. The third-order valence-corrected chi connectivity index (χ3v) is 4.42. The second kappa shape index (κ2) is 6.50. The van der Waals surface area contributed by atoms with Crippen LogP contribution >= 0.6 is 0 Å². The molecule has 1 amide bonds. The van der Waals surface area contributed by atoms with Gasteiger partial charge in [0, 0.05) is 19.0 Å². The Morgan fingerprint density at radius 2 is 2.12 bits per heavy atom. The number of halogens is 4. The van der Waals surface area contributed by atoms with Gasteiger partial charge in [0.05, 0.1) is 11.8 Å². The van der Waals surface area contributed by atoms with Gasteiger partial charge >= 0.3 is 6.18 Å². The molecule has 1 aromatic heterocycles. The number of likely N-dealkylation sites (tertiary alicyclic amines) is 1. The van der Waals surface area contributed by atoms with Crippen molar-refractivity contribution in [2.75, 3.05) is 13.1 Å². The minimum absolute atomic E-state index is 0.0175. The first kappa shape index (κ1) is 17.4. The Labute approximate surface area is 141 Å². The number of amides is 1. The van der Waals surface area contributed by atoms with Crippen molar-refractivity contribution in [1.82, 2.24) is 14.9 Å². The molecule has 1 saturated heterocycles. The fourth-order valence-corrected chi connectivity index (χ4v) is 3.06. The standard InChI is InChI=1S/C17H17F4N3O/c1-10-4-2-6-12(14(10)18)16(25)24-7-3-5-11(9-24)15-22-8-13(23-15)17(19,20)21/h2,4,6,8,11H,3,5,7,9H2,1H3,(H,22,23)/t11-/m0/s1. The second-order valence-electron chi connectivity index (χ2n) is 6.21. The molecule has 25 heavy (non-hydrogen) atoms. The van der Waals surface area contributed by atoms with Crippen LogP contribution in [0.1, 0.15) is 46.2 Å². The highest BCUT2D eigenvalue weighted by Crippen LogP contribution is 2.31. The van der Waals surface area contributed by atoms with E-state index >= 15 is 0 Å². The van der Waals surface area contributed by atoms with Gasteiger partial charge in [0.15, 0.2) is 0 Å². The summed E-state index contributed by atoms with van der Waals surface area (Å²) in [5.74, 6) is -1.14. The van der Waals surface area contributed by atoms with Crippen LogP contribution in [-0.2, 0) is 6.18 Å². The summed E-state index contributed by atoms with van der Waals surface area (Å²) in [5, 5.41) is 0. The highest BCUT2D eigenvalue weighted by atomic mass is 19.4. The van der Waals surface area contributed by atoms with Crippen LogP contribution in [0.4, 0.5) is 17.6 Å². The molecule has 4 nitrogen and oxygen atoms in total. The van der Waals surface area contributed by atoms with Gasteiger partial charge in [-0.3, -0.25) is 4.79 Å². The monoisotopic (exact) mass is 355 g/mol. The van der Waals surface area contributed by atoms with Gasteiger partial charge < -0.3 is 9.88 Å². The Morgan fingerprint density at radius 3 is 2.80 bits per heavy atom. The van der Waals surface area contributed by atoms with Gasteiger partial charge in [-0.05, 0) is 31.4 Å². The first-order chi connectivity index (χ1) is 11.8. The largest absolute Gasteiger partial charge is 0.432 e. The highest BCUT2D eigenvalue weighted by Gasteiger charge is 2.35. The van der Waals surface area contributed by atoms with Crippen LogP contribution in [0, 0.1) is 12.7 Å². The van der Waals surface area contributed by atoms with Crippen LogP contribution in [0.25, 0.3) is 0 Å². The molecule has 0 radical (unpaired) electrons. The van der Waals surface area contributed by atoms with Crippen LogP contribution in [0.2, 0.25) is 0 Å². The number of aryl methyl sites for hydroxylation is 1. The van der Waals surface area contributed by atoms with Gasteiger partial charge in [-0.15, -0.1) is 0 Å². The maximum atomic E-state index is 14.2. The van der Waals surface area contributed by atoms with E-state index < -0.39 is 23.6 Å². The van der Waals surface area contributed by atoms with E-state index in [9.17, 15) is 22.4 Å². The lowest BCUT2D eigenvalue weighted by atomic mass is 9.96. The summed E-state index contributed by atoms with van der Waals surface area (Å²) >= 11 is 0. The van der Waals surface area contributed by atoms with Crippen molar-refractivity contribution in [3.8, 4) is 0 Å². The molecule has 0 spiro atoms. The van der Waals surface area contributed by atoms with E-state index in [1.807, 2.05) is 0 Å². The summed E-state index contributed by atoms with van der Waals surface area (Å²) in [4.78, 5) is 20.2. The van der Waals surface area contributed by atoms with Crippen LogP contribution in [0.5, 0.6) is 0 Å². The lowest BCUT2D eigenvalue weighted by molar-refractivity contribution is -0.141. The number of carbonyl (C=O) groups is 1. The topological polar surface area (TPSA) is 49.0 Å². The highest BCUT2D eigenvalue weighted by molar-refractivity contribution is 5.94. The minimum Gasteiger partial charge on any atom is -0.338 e. The molecule has 2 aromatic rings. The molecule has 1 aliphatic rings. The molecule has 0 saturated carbocycles. The van der Waals surface area contributed by atoms with Crippen molar-refractivity contribution in [2.24, 2.45) is 0 Å². The first-order valence-corrected chi connectivity index (χ1v) is 7.94. The van der Waals surface area contributed by atoms with Crippen LogP contribution in [-0.4, -0.2) is 33.9 Å². The smallest absolute Gasteiger partial charge is 0.338 e. The maximum Gasteiger partial charge on any atom is 0.432 e. The molecular weight excluding hydrogens is 338 g/mol. The van der Waals surface area contributed by atoms with Crippen molar-refractivity contribution >= 4 is 5.91 Å². The molecule has 1 aromatic carbocycles. The maximum absolute atomic E-state index is 14.2. The van der Waals surface area contributed by atoms with Crippen molar-refractivity contribution in [1.29, 1.82) is 0 Å². The van der Waals surface area contributed by atoms with E-state index in [1.165, 1.54) is 11.0 Å². The van der Waals surface area contributed by atoms with Crippen LogP contribution in [0.3, 0.4) is 0 Å². The molecule has 8 heteroatoms. The summed E-state index contributed by atoms with van der Waals surface area (Å²) in [6.07, 6.45) is -2.49.